The molecule has 8 nitrogen and oxygen atoms in total. The maximum Gasteiger partial charge on any atom is 0.319 e. The average Bonchev–Trinajstić information content (AvgIpc) is 2.79. The molecule has 0 aliphatic carbocycles. The molecule has 1 aliphatic heterocycles. The number of hydrogen-bond acceptors (Lipinski definition) is 7. The lowest BCUT2D eigenvalue weighted by Gasteiger charge is -2.32. The average molecular weight is 439 g/mol. The molecule has 4 rings (SSSR count). The van der Waals surface area contributed by atoms with E-state index in [2.05, 4.69) is 9.97 Å². The van der Waals surface area contributed by atoms with E-state index >= 15 is 0 Å². The smallest absolute Gasteiger partial charge is 0.319 e. The summed E-state index contributed by atoms with van der Waals surface area (Å²) in [5.74, 6) is 0.735. The molecule has 9 heteroatoms. The summed E-state index contributed by atoms with van der Waals surface area (Å²) >= 11 is 0. The molecule has 3 aromatic rings. The number of para-hydroxylation sites is 2. The minimum Gasteiger partial charge on any atom is -0.485 e. The Kier molecular flexibility index (Phi) is 5.51. The van der Waals surface area contributed by atoms with Gasteiger partial charge in [-0.05, 0) is 37.3 Å². The van der Waals surface area contributed by atoms with Crippen LogP contribution in [0.3, 0.4) is 0 Å². The molecule has 2 aromatic carbocycles. The third kappa shape index (κ3) is 3.91. The Labute approximate surface area is 180 Å². The Bertz CT molecular complexity index is 1240. The summed E-state index contributed by atoms with van der Waals surface area (Å²) in [6.45, 7) is 1.94. The molecule has 160 valence electrons. The van der Waals surface area contributed by atoms with Gasteiger partial charge in [-0.1, -0.05) is 29.8 Å². The lowest BCUT2D eigenvalue weighted by atomic mass is 10.2. The van der Waals surface area contributed by atoms with Crippen LogP contribution in [-0.2, 0) is 10.0 Å². The van der Waals surface area contributed by atoms with Crippen LogP contribution in [0.25, 0.3) is 6.08 Å². The highest BCUT2D eigenvalue weighted by molar-refractivity contribution is 7.93. The van der Waals surface area contributed by atoms with Crippen molar-refractivity contribution in [1.82, 2.24) is 9.97 Å². The summed E-state index contributed by atoms with van der Waals surface area (Å²) < 4.78 is 44.8. The van der Waals surface area contributed by atoms with Crippen molar-refractivity contribution in [2.45, 2.75) is 11.8 Å². The molecule has 0 radical (unpaired) electrons. The largest absolute Gasteiger partial charge is 0.485 e. The number of rotatable bonds is 5. The summed E-state index contributed by atoms with van der Waals surface area (Å²) in [5.41, 5.74) is 2.28. The van der Waals surface area contributed by atoms with Gasteiger partial charge in [0.25, 0.3) is 10.0 Å². The first-order valence-electron chi connectivity index (χ1n) is 9.43. The molecule has 1 aliphatic rings. The van der Waals surface area contributed by atoms with Gasteiger partial charge in [-0.2, -0.15) is 4.98 Å². The Morgan fingerprint density at radius 2 is 1.81 bits per heavy atom. The van der Waals surface area contributed by atoms with Gasteiger partial charge >= 0.3 is 6.01 Å². The molecule has 0 bridgehead atoms. The second-order valence-electron chi connectivity index (χ2n) is 6.80. The standard InChI is InChI=1S/C22H21N3O5S/c1-15-8-10-18(11-9-15)31(26,27)25-17(14-30-20-7-5-4-6-19(20)25)12-16-13-23-22(29-3)24-21(16)28-2/h4-13H,14H2,1-3H3/b17-12-. The van der Waals surface area contributed by atoms with E-state index in [-0.39, 0.29) is 23.4 Å². The van der Waals surface area contributed by atoms with Crippen LogP contribution in [-0.4, -0.2) is 39.2 Å². The van der Waals surface area contributed by atoms with Gasteiger partial charge in [0.15, 0.2) is 0 Å². The number of anilines is 1. The zero-order chi connectivity index (χ0) is 22.0. The number of fused-ring (bicyclic) bond motifs is 1. The maximum absolute atomic E-state index is 13.7. The van der Waals surface area contributed by atoms with E-state index in [4.69, 9.17) is 14.2 Å². The minimum absolute atomic E-state index is 0.0390. The number of benzene rings is 2. The van der Waals surface area contributed by atoms with Crippen LogP contribution in [0.5, 0.6) is 17.6 Å². The van der Waals surface area contributed by atoms with Crippen LogP contribution in [0.1, 0.15) is 11.1 Å². The van der Waals surface area contributed by atoms with E-state index in [1.165, 1.54) is 24.7 Å². The van der Waals surface area contributed by atoms with Gasteiger partial charge in [-0.15, -0.1) is 0 Å². The van der Waals surface area contributed by atoms with Crippen molar-refractivity contribution in [3.05, 3.63) is 71.6 Å². The monoisotopic (exact) mass is 439 g/mol. The van der Waals surface area contributed by atoms with Gasteiger partial charge in [0.1, 0.15) is 12.4 Å². The fourth-order valence-electron chi connectivity index (χ4n) is 3.21. The molecule has 0 fully saturated rings. The van der Waals surface area contributed by atoms with Crippen molar-refractivity contribution in [3.8, 4) is 17.6 Å². The zero-order valence-electron chi connectivity index (χ0n) is 17.3. The van der Waals surface area contributed by atoms with Crippen molar-refractivity contribution in [2.75, 3.05) is 25.1 Å². The summed E-state index contributed by atoms with van der Waals surface area (Å²) in [6.07, 6.45) is 3.15. The second-order valence-corrected chi connectivity index (χ2v) is 8.58. The van der Waals surface area contributed by atoms with Gasteiger partial charge < -0.3 is 14.2 Å². The van der Waals surface area contributed by atoms with Crippen LogP contribution in [0.2, 0.25) is 0 Å². The summed E-state index contributed by atoms with van der Waals surface area (Å²) in [7, 11) is -0.993. The fraction of sp³-hybridized carbons (Fsp3) is 0.182. The van der Waals surface area contributed by atoms with Crippen molar-refractivity contribution in [3.63, 3.8) is 0 Å². The molecule has 0 spiro atoms. The molecule has 31 heavy (non-hydrogen) atoms. The van der Waals surface area contributed by atoms with Crippen LogP contribution in [0, 0.1) is 6.92 Å². The van der Waals surface area contributed by atoms with E-state index in [0.29, 0.717) is 22.7 Å². The first kappa shape index (κ1) is 20.7. The highest BCUT2D eigenvalue weighted by Crippen LogP contribution is 2.40. The molecule has 0 N–H and O–H groups in total. The molecule has 0 atom stereocenters. The number of aryl methyl sites for hydroxylation is 1. The number of aromatic nitrogens is 2. The van der Waals surface area contributed by atoms with E-state index in [1.54, 1.807) is 54.6 Å². The summed E-state index contributed by atoms with van der Waals surface area (Å²) in [4.78, 5) is 8.45. The van der Waals surface area contributed by atoms with Crippen molar-refractivity contribution in [1.29, 1.82) is 0 Å². The van der Waals surface area contributed by atoms with Crippen LogP contribution < -0.4 is 18.5 Å². The number of sulfonamides is 1. The van der Waals surface area contributed by atoms with Gasteiger partial charge in [0.2, 0.25) is 5.88 Å². The maximum atomic E-state index is 13.7. The normalized spacial score (nSPS) is 14.7. The SMILES string of the molecule is COc1ncc(/C=C2/COc3ccccc3N2S(=O)(=O)c2ccc(C)cc2)c(OC)n1. The Morgan fingerprint density at radius 3 is 2.52 bits per heavy atom. The highest BCUT2D eigenvalue weighted by atomic mass is 32.2. The molecule has 2 heterocycles. The molecule has 0 amide bonds. The number of ether oxygens (including phenoxy) is 3. The third-order valence-electron chi connectivity index (χ3n) is 4.74. The molecular formula is C22H21N3O5S. The van der Waals surface area contributed by atoms with Gasteiger partial charge in [-0.3, -0.25) is 0 Å². The summed E-state index contributed by atoms with van der Waals surface area (Å²) in [5, 5.41) is 0. The van der Waals surface area contributed by atoms with E-state index in [0.717, 1.165) is 5.56 Å². The third-order valence-corrected chi connectivity index (χ3v) is 6.52. The van der Waals surface area contributed by atoms with E-state index < -0.39 is 10.0 Å². The lowest BCUT2D eigenvalue weighted by Crippen LogP contribution is -2.36. The predicted molar refractivity (Wildman–Crippen MR) is 116 cm³/mol. The van der Waals surface area contributed by atoms with Crippen molar-refractivity contribution < 1.29 is 22.6 Å². The van der Waals surface area contributed by atoms with E-state index in [1.807, 2.05) is 6.92 Å². The lowest BCUT2D eigenvalue weighted by molar-refractivity contribution is 0.341. The van der Waals surface area contributed by atoms with Gasteiger partial charge in [0.05, 0.1) is 36.1 Å². The zero-order valence-corrected chi connectivity index (χ0v) is 18.1. The predicted octanol–water partition coefficient (Wildman–Crippen LogP) is 3.43. The molecule has 1 aromatic heterocycles. The van der Waals surface area contributed by atoms with Crippen LogP contribution in [0.15, 0.2) is 65.3 Å². The highest BCUT2D eigenvalue weighted by Gasteiger charge is 2.34. The van der Waals surface area contributed by atoms with Crippen LogP contribution in [0.4, 0.5) is 5.69 Å². The Hall–Kier alpha value is -3.59. The molecule has 0 saturated heterocycles. The van der Waals surface area contributed by atoms with Gasteiger partial charge in [0, 0.05) is 6.20 Å². The van der Waals surface area contributed by atoms with Crippen LogP contribution >= 0.6 is 0 Å². The minimum atomic E-state index is -3.92. The number of nitrogens with zero attached hydrogens (tertiary/aromatic N) is 3. The number of methoxy groups -OCH3 is 2. The second kappa shape index (κ2) is 8.27. The fourth-order valence-corrected chi connectivity index (χ4v) is 4.73. The topological polar surface area (TPSA) is 90.9 Å². The van der Waals surface area contributed by atoms with E-state index in [9.17, 15) is 8.42 Å². The van der Waals surface area contributed by atoms with Crippen molar-refractivity contribution >= 4 is 21.8 Å². The molecule has 0 unspecified atom stereocenters. The summed E-state index contributed by atoms with van der Waals surface area (Å²) in [6, 6.07) is 13.9. The Morgan fingerprint density at radius 1 is 1.06 bits per heavy atom. The Balaban J connectivity index is 1.88. The van der Waals surface area contributed by atoms with Crippen molar-refractivity contribution in [2.24, 2.45) is 0 Å². The van der Waals surface area contributed by atoms with Gasteiger partial charge in [-0.25, -0.2) is 17.7 Å². The molecular weight excluding hydrogens is 418 g/mol. The quantitative estimate of drug-likeness (QED) is 0.601. The first-order valence-corrected chi connectivity index (χ1v) is 10.9. The first-order chi connectivity index (χ1) is 14.9. The number of hydrogen-bond donors (Lipinski definition) is 0. The molecule has 0 saturated carbocycles.